The van der Waals surface area contributed by atoms with Crippen LogP contribution in [0.25, 0.3) is 10.8 Å². The fourth-order valence-electron chi connectivity index (χ4n) is 5.30. The smallest absolute Gasteiger partial charge is 0.339 e. The highest BCUT2D eigenvalue weighted by molar-refractivity contribution is 8.33. The first-order valence-electron chi connectivity index (χ1n) is 14.9. The summed E-state index contributed by atoms with van der Waals surface area (Å²) in [6, 6.07) is 38.9. The van der Waals surface area contributed by atoms with Gasteiger partial charge in [0, 0.05) is 25.5 Å². The lowest BCUT2D eigenvalue weighted by molar-refractivity contribution is 0.488. The Morgan fingerprint density at radius 1 is 0.404 bits per heavy atom. The Morgan fingerprint density at radius 2 is 0.787 bits per heavy atom. The Morgan fingerprint density at radius 3 is 1.23 bits per heavy atom. The molecular formula is C38H34O6S3. The lowest BCUT2D eigenvalue weighted by Crippen LogP contribution is -2.15. The summed E-state index contributed by atoms with van der Waals surface area (Å²) >= 11 is 0. The molecule has 0 radical (unpaired) electrons. The Hall–Kier alpha value is -4.41. The molecule has 6 aromatic rings. The average Bonchev–Trinajstić information content (AvgIpc) is 3.05. The fraction of sp³-hybridized carbons (Fsp3) is 0.105. The molecule has 6 nitrogen and oxygen atoms in total. The van der Waals surface area contributed by atoms with Gasteiger partial charge in [-0.1, -0.05) is 95.1 Å². The van der Waals surface area contributed by atoms with E-state index in [9.17, 15) is 16.8 Å². The molecule has 47 heavy (non-hydrogen) atoms. The topological polar surface area (TPSA) is 86.7 Å². The highest BCUT2D eigenvalue weighted by Gasteiger charge is 2.39. The molecule has 0 amide bonds. The molecule has 0 saturated carbocycles. The van der Waals surface area contributed by atoms with Gasteiger partial charge in [-0.2, -0.15) is 16.8 Å². The minimum atomic E-state index is -4.50. The van der Waals surface area contributed by atoms with Gasteiger partial charge in [0.25, 0.3) is 0 Å². The lowest BCUT2D eigenvalue weighted by atomic mass is 10.1. The third kappa shape index (κ3) is 6.44. The number of rotatable bonds is 9. The molecule has 9 heteroatoms. The molecule has 240 valence electrons. The van der Waals surface area contributed by atoms with Gasteiger partial charge in [-0.3, -0.25) is 0 Å². The van der Waals surface area contributed by atoms with Crippen molar-refractivity contribution in [1.29, 1.82) is 0 Å². The van der Waals surface area contributed by atoms with E-state index >= 15 is 0 Å². The van der Waals surface area contributed by atoms with E-state index in [2.05, 4.69) is 0 Å². The predicted molar refractivity (Wildman–Crippen MR) is 187 cm³/mol. The molecule has 0 atom stereocenters. The van der Waals surface area contributed by atoms with Crippen molar-refractivity contribution in [2.45, 2.75) is 52.2 Å². The van der Waals surface area contributed by atoms with Crippen molar-refractivity contribution in [2.24, 2.45) is 0 Å². The summed E-state index contributed by atoms with van der Waals surface area (Å²) in [4.78, 5) is 2.04. The molecule has 0 fully saturated rings. The molecule has 0 heterocycles. The van der Waals surface area contributed by atoms with Crippen molar-refractivity contribution in [2.75, 3.05) is 0 Å². The van der Waals surface area contributed by atoms with Gasteiger partial charge in [0.2, 0.25) is 0 Å². The first kappa shape index (κ1) is 32.5. The van der Waals surface area contributed by atoms with Crippen LogP contribution in [0.2, 0.25) is 0 Å². The molecule has 0 spiro atoms. The normalized spacial score (nSPS) is 12.6. The van der Waals surface area contributed by atoms with Gasteiger partial charge in [-0.05, 0) is 98.7 Å². The molecule has 0 unspecified atom stereocenters. The average molecular weight is 683 g/mol. The van der Waals surface area contributed by atoms with E-state index in [1.165, 1.54) is 24.3 Å². The van der Waals surface area contributed by atoms with Crippen LogP contribution in [0.5, 0.6) is 5.75 Å². The van der Waals surface area contributed by atoms with E-state index in [0.29, 0.717) is 20.1 Å². The van der Waals surface area contributed by atoms with E-state index in [4.69, 9.17) is 7.81 Å². The Kier molecular flexibility index (Phi) is 8.76. The van der Waals surface area contributed by atoms with E-state index in [0.717, 1.165) is 22.3 Å². The summed E-state index contributed by atoms with van der Waals surface area (Å²) in [6.45, 7) is 7.79. The van der Waals surface area contributed by atoms with Crippen molar-refractivity contribution in [3.05, 3.63) is 156 Å². The molecule has 0 aliphatic carbocycles. The van der Waals surface area contributed by atoms with Gasteiger partial charge < -0.3 is 4.18 Å². The first-order valence-corrected chi connectivity index (χ1v) is 19.3. The minimum absolute atomic E-state index is 0.00473. The molecule has 6 aromatic carbocycles. The molecule has 0 aliphatic heterocycles. The van der Waals surface area contributed by atoms with Gasteiger partial charge in [-0.15, -0.1) is 0 Å². The fourth-order valence-corrected chi connectivity index (χ4v) is 11.6. The Balaban J connectivity index is 1.53. The summed E-state index contributed by atoms with van der Waals surface area (Å²) < 4.78 is 68.0. The second-order valence-electron chi connectivity index (χ2n) is 11.5. The highest BCUT2D eigenvalue weighted by Crippen LogP contribution is 2.70. The maximum absolute atomic E-state index is 14.7. The van der Waals surface area contributed by atoms with Crippen LogP contribution in [0.4, 0.5) is 0 Å². The lowest BCUT2D eigenvalue weighted by Gasteiger charge is -2.39. The van der Waals surface area contributed by atoms with Gasteiger partial charge in [0.15, 0.2) is 5.75 Å². The molecular weight excluding hydrogens is 649 g/mol. The van der Waals surface area contributed by atoms with Gasteiger partial charge in [0.1, 0.15) is 9.79 Å². The van der Waals surface area contributed by atoms with Crippen LogP contribution in [0.3, 0.4) is 0 Å². The van der Waals surface area contributed by atoms with Gasteiger partial charge in [-0.25, -0.2) is 3.63 Å². The van der Waals surface area contributed by atoms with Crippen LogP contribution in [0.1, 0.15) is 22.3 Å². The van der Waals surface area contributed by atoms with Crippen molar-refractivity contribution in [3.63, 3.8) is 0 Å². The van der Waals surface area contributed by atoms with Gasteiger partial charge >= 0.3 is 20.2 Å². The number of aryl methyl sites for hydroxylation is 4. The maximum atomic E-state index is 14.7. The molecule has 0 aliphatic rings. The first-order chi connectivity index (χ1) is 22.4. The third-order valence-corrected chi connectivity index (χ3v) is 14.4. The van der Waals surface area contributed by atoms with Crippen LogP contribution in [-0.4, -0.2) is 16.8 Å². The van der Waals surface area contributed by atoms with Crippen LogP contribution < -0.4 is 4.18 Å². The molecule has 0 N–H and O–H groups in total. The van der Waals surface area contributed by atoms with E-state index in [1.54, 1.807) is 36.4 Å². The summed E-state index contributed by atoms with van der Waals surface area (Å²) in [5.74, 6) is 0.00865. The van der Waals surface area contributed by atoms with Crippen molar-refractivity contribution < 1.29 is 24.6 Å². The molecule has 6 rings (SSSR count). The second kappa shape index (κ2) is 12.7. The summed E-state index contributed by atoms with van der Waals surface area (Å²) in [6.07, 6.45) is 0. The number of fused-ring (bicyclic) bond motifs is 1. The number of hydrogen-bond donors (Lipinski definition) is 0. The SMILES string of the molecule is Cc1ccc(S(OS(=O)(=O)c2cccc3c(OS(=O)(=O)c4ccc(C)cc4)cccc23)(c2ccc(C)cc2)c2ccc(C)cc2)cc1. The largest absolute Gasteiger partial charge is 0.378 e. The quantitative estimate of drug-likeness (QED) is 0.141. The predicted octanol–water partition coefficient (Wildman–Crippen LogP) is 9.44. The van der Waals surface area contributed by atoms with Crippen LogP contribution in [0, 0.1) is 27.7 Å². The monoisotopic (exact) mass is 682 g/mol. The zero-order chi connectivity index (χ0) is 33.4. The third-order valence-electron chi connectivity index (χ3n) is 7.87. The van der Waals surface area contributed by atoms with Crippen molar-refractivity contribution >= 4 is 41.3 Å². The molecule has 0 saturated heterocycles. The van der Waals surface area contributed by atoms with E-state index in [-0.39, 0.29) is 20.9 Å². The Bertz CT molecular complexity index is 2170. The standard InChI is InChI=1S/C38H34O6S3/c1-27-11-19-31(20-12-27)45(32-21-13-28(2)14-22-32,33-23-15-29(3)16-24-33)44-47(41,42)38-10-6-7-35-36(38)8-5-9-37(35)43-46(39,40)34-25-17-30(4)18-26-34/h5-26H,1-4H3. The zero-order valence-corrected chi connectivity index (χ0v) is 28.8. The second-order valence-corrected chi connectivity index (χ2v) is 17.4. The summed E-state index contributed by atoms with van der Waals surface area (Å²) in [5.41, 5.74) is 3.99. The zero-order valence-electron chi connectivity index (χ0n) is 26.4. The number of hydrogen-bond acceptors (Lipinski definition) is 6. The van der Waals surface area contributed by atoms with Gasteiger partial charge in [0.05, 0.1) is 0 Å². The summed E-state index contributed by atoms with van der Waals surface area (Å²) in [7, 11) is -11.5. The van der Waals surface area contributed by atoms with E-state index < -0.39 is 30.5 Å². The van der Waals surface area contributed by atoms with Crippen molar-refractivity contribution in [3.8, 4) is 5.75 Å². The van der Waals surface area contributed by atoms with Crippen molar-refractivity contribution in [1.82, 2.24) is 0 Å². The van der Waals surface area contributed by atoms with E-state index in [1.807, 2.05) is 100 Å². The number of benzene rings is 6. The highest BCUT2D eigenvalue weighted by atomic mass is 32.3. The minimum Gasteiger partial charge on any atom is -0.378 e. The van der Waals surface area contributed by atoms with Crippen LogP contribution >= 0.6 is 10.3 Å². The Labute approximate surface area is 278 Å². The molecule has 0 aromatic heterocycles. The maximum Gasteiger partial charge on any atom is 0.339 e. The van der Waals surface area contributed by atoms with Crippen LogP contribution in [-0.2, 0) is 23.9 Å². The molecule has 0 bridgehead atoms. The summed E-state index contributed by atoms with van der Waals surface area (Å²) in [5, 5.41) is 0.587. The van der Waals surface area contributed by atoms with Crippen LogP contribution in [0.15, 0.2) is 158 Å².